The molecule has 0 aromatic rings. The number of hydrazone groups is 1. The second-order valence-electron chi connectivity index (χ2n) is 3.42. The molecule has 2 N–H and O–H groups in total. The number of hydrogen-bond acceptors (Lipinski definition) is 2. The van der Waals surface area contributed by atoms with Crippen molar-refractivity contribution in [2.45, 2.75) is 31.4 Å². The summed E-state index contributed by atoms with van der Waals surface area (Å²) in [6.07, 6.45) is 0.653. The van der Waals surface area contributed by atoms with Crippen LogP contribution >= 0.6 is 30.0 Å². The van der Waals surface area contributed by atoms with Crippen LogP contribution in [0.3, 0.4) is 0 Å². The van der Waals surface area contributed by atoms with Gasteiger partial charge in [0.1, 0.15) is 0 Å². The average molecular weight is 292 g/mol. The van der Waals surface area contributed by atoms with E-state index in [0.717, 1.165) is 5.71 Å². The number of nitrogens with zero attached hydrogens (tertiary/aromatic N) is 1. The third-order valence-electron chi connectivity index (χ3n) is 1.69. The first-order chi connectivity index (χ1) is 5.20. The monoisotopic (exact) mass is 292 g/mol. The zero-order chi connectivity index (χ0) is 9.99. The SMILES string of the molecule is C/C(C[C](C)(C)[Ge]([Cl])([Cl])[Cl])=N\N. The third kappa shape index (κ3) is 3.73. The van der Waals surface area contributed by atoms with Crippen molar-refractivity contribution in [2.24, 2.45) is 10.9 Å². The predicted molar refractivity (Wildman–Crippen MR) is 59.3 cm³/mol. The number of hydrogen-bond donors (Lipinski definition) is 1. The summed E-state index contributed by atoms with van der Waals surface area (Å²) in [4.78, 5) is 0. The molecule has 0 saturated heterocycles. The van der Waals surface area contributed by atoms with Crippen molar-refractivity contribution in [3.8, 4) is 0 Å². The Balaban J connectivity index is 4.44. The van der Waals surface area contributed by atoms with Gasteiger partial charge in [-0.3, -0.25) is 0 Å². The summed E-state index contributed by atoms with van der Waals surface area (Å²) in [6.45, 7) is 5.71. The molecule has 12 heavy (non-hydrogen) atoms. The molecule has 0 aliphatic heterocycles. The Morgan fingerprint density at radius 2 is 1.83 bits per heavy atom. The van der Waals surface area contributed by atoms with Crippen LogP contribution in [0.15, 0.2) is 5.10 Å². The van der Waals surface area contributed by atoms with Gasteiger partial charge in [0.15, 0.2) is 0 Å². The molecule has 0 radical (unpaired) electrons. The molecule has 0 aromatic heterocycles. The van der Waals surface area contributed by atoms with Gasteiger partial charge in [-0.2, -0.15) is 0 Å². The van der Waals surface area contributed by atoms with E-state index in [1.807, 2.05) is 20.8 Å². The van der Waals surface area contributed by atoms with Gasteiger partial charge in [0.05, 0.1) is 0 Å². The molecule has 0 saturated carbocycles. The van der Waals surface area contributed by atoms with Crippen molar-refractivity contribution in [1.29, 1.82) is 0 Å². The molecule has 0 aromatic carbocycles. The molecule has 72 valence electrons. The van der Waals surface area contributed by atoms with Crippen molar-refractivity contribution >= 4 is 46.2 Å². The zero-order valence-corrected chi connectivity index (χ0v) is 11.7. The summed E-state index contributed by atoms with van der Waals surface area (Å²) in [6, 6.07) is 0. The first kappa shape index (κ1) is 12.9. The summed E-state index contributed by atoms with van der Waals surface area (Å²) in [5.41, 5.74) is 0.817. The van der Waals surface area contributed by atoms with Gasteiger partial charge in [0.2, 0.25) is 0 Å². The second-order valence-corrected chi connectivity index (χ2v) is 20.2. The third-order valence-corrected chi connectivity index (χ3v) is 13.3. The van der Waals surface area contributed by atoms with Crippen LogP contribution in [-0.2, 0) is 0 Å². The Morgan fingerprint density at radius 1 is 1.42 bits per heavy atom. The van der Waals surface area contributed by atoms with Crippen LogP contribution in [0.5, 0.6) is 0 Å². The Labute approximate surface area is 88.3 Å². The van der Waals surface area contributed by atoms with Gasteiger partial charge >= 0.3 is 88.6 Å². The van der Waals surface area contributed by atoms with Gasteiger partial charge < -0.3 is 0 Å². The molecule has 0 rings (SSSR count). The van der Waals surface area contributed by atoms with E-state index in [2.05, 4.69) is 5.10 Å². The van der Waals surface area contributed by atoms with Crippen molar-refractivity contribution in [1.82, 2.24) is 0 Å². The summed E-state index contributed by atoms with van der Waals surface area (Å²) < 4.78 is -0.266. The van der Waals surface area contributed by atoms with Gasteiger partial charge in [-0.05, 0) is 0 Å². The molecule has 2 nitrogen and oxygen atoms in total. The van der Waals surface area contributed by atoms with Crippen molar-refractivity contribution in [3.05, 3.63) is 0 Å². The molecule has 0 aliphatic carbocycles. The fourth-order valence-corrected chi connectivity index (χ4v) is 2.78. The summed E-state index contributed by atoms with van der Waals surface area (Å²) in [5.74, 6) is 5.10. The van der Waals surface area contributed by atoms with E-state index in [-0.39, 0.29) is 4.25 Å². The Morgan fingerprint density at radius 3 is 2.08 bits per heavy atom. The van der Waals surface area contributed by atoms with Crippen LogP contribution in [0.4, 0.5) is 0 Å². The molecular weight excluding hydrogens is 279 g/mol. The van der Waals surface area contributed by atoms with Gasteiger partial charge in [-0.15, -0.1) is 0 Å². The molecule has 0 aliphatic rings. The first-order valence-electron chi connectivity index (χ1n) is 3.51. The zero-order valence-electron chi connectivity index (χ0n) is 7.37. The van der Waals surface area contributed by atoms with Crippen LogP contribution < -0.4 is 5.84 Å². The van der Waals surface area contributed by atoms with Crippen LogP contribution in [0, 0.1) is 0 Å². The minimum absolute atomic E-state index is 0.266. The van der Waals surface area contributed by atoms with E-state index >= 15 is 0 Å². The van der Waals surface area contributed by atoms with Crippen LogP contribution in [0.1, 0.15) is 27.2 Å². The number of rotatable bonds is 3. The van der Waals surface area contributed by atoms with E-state index in [4.69, 9.17) is 35.9 Å². The van der Waals surface area contributed by atoms with Crippen molar-refractivity contribution < 1.29 is 0 Å². The molecule has 0 spiro atoms. The molecule has 0 unspecified atom stereocenters. The van der Waals surface area contributed by atoms with E-state index < -0.39 is 10.5 Å². The molecule has 6 heteroatoms. The Kier molecular flexibility index (Phi) is 4.72. The maximum atomic E-state index is 5.95. The minimum atomic E-state index is -3.17. The fraction of sp³-hybridized carbons (Fsp3) is 0.833. The summed E-state index contributed by atoms with van der Waals surface area (Å²) in [5, 5.41) is 3.56. The van der Waals surface area contributed by atoms with Crippen LogP contribution in [-0.4, -0.2) is 16.2 Å². The second kappa shape index (κ2) is 4.40. The van der Waals surface area contributed by atoms with Crippen molar-refractivity contribution in [3.63, 3.8) is 0 Å². The molecule has 0 heterocycles. The topological polar surface area (TPSA) is 38.4 Å². The Bertz CT molecular complexity index is 186. The predicted octanol–water partition coefficient (Wildman–Crippen LogP) is 3.15. The molecule has 0 amide bonds. The Hall–Kier alpha value is 0.883. The van der Waals surface area contributed by atoms with Crippen LogP contribution in [0.2, 0.25) is 4.25 Å². The van der Waals surface area contributed by atoms with Gasteiger partial charge in [-0.25, -0.2) is 0 Å². The quantitative estimate of drug-likeness (QED) is 0.369. The van der Waals surface area contributed by atoms with E-state index in [0.29, 0.717) is 6.42 Å². The standard InChI is InChI=1S/C6H13Cl3GeN2/c1-5(12-11)4-6(2,3)10(7,8)9/h4,11H2,1-3H3/b12-5+. The average Bonchev–Trinajstić information content (AvgIpc) is 1.84. The van der Waals surface area contributed by atoms with E-state index in [1.54, 1.807) is 0 Å². The fourth-order valence-electron chi connectivity index (χ4n) is 0.785. The molecule has 0 atom stereocenters. The van der Waals surface area contributed by atoms with Crippen LogP contribution in [0.25, 0.3) is 0 Å². The summed E-state index contributed by atoms with van der Waals surface area (Å²) in [7, 11) is 14.7. The number of halogens is 3. The normalized spacial score (nSPS) is 15.0. The van der Waals surface area contributed by atoms with Gasteiger partial charge in [-0.1, -0.05) is 0 Å². The number of nitrogens with two attached hydrogens (primary N) is 1. The maximum absolute atomic E-state index is 5.95. The molecule has 0 bridgehead atoms. The molecular formula is C6H13Cl3GeN2. The van der Waals surface area contributed by atoms with Gasteiger partial charge in [0.25, 0.3) is 0 Å². The van der Waals surface area contributed by atoms with Crippen molar-refractivity contribution in [2.75, 3.05) is 0 Å². The summed E-state index contributed by atoms with van der Waals surface area (Å²) >= 11 is 0. The van der Waals surface area contributed by atoms with Gasteiger partial charge in [0, 0.05) is 0 Å². The molecule has 0 fully saturated rings. The first-order valence-corrected chi connectivity index (χ1v) is 12.8. The van der Waals surface area contributed by atoms with E-state index in [9.17, 15) is 0 Å². The van der Waals surface area contributed by atoms with E-state index in [1.165, 1.54) is 0 Å².